The number of aromatic nitrogens is 2. The molecule has 1 atom stereocenters. The van der Waals surface area contributed by atoms with E-state index in [9.17, 15) is 33.0 Å². The van der Waals surface area contributed by atoms with E-state index in [4.69, 9.17) is 5.73 Å². The van der Waals surface area contributed by atoms with Crippen LogP contribution in [0.4, 0.5) is 24.7 Å². The van der Waals surface area contributed by atoms with Crippen LogP contribution in [0.3, 0.4) is 0 Å². The van der Waals surface area contributed by atoms with Crippen molar-refractivity contribution in [1.29, 1.82) is 0 Å². The number of carbonyl (C=O) groups is 1. The topological polar surface area (TPSA) is 122 Å². The summed E-state index contributed by atoms with van der Waals surface area (Å²) in [5, 5.41) is 18.7. The zero-order valence-electron chi connectivity index (χ0n) is 15.3. The Morgan fingerprint density at radius 2 is 1.90 bits per heavy atom. The number of fused-ring (bicyclic) bond motifs is 1. The molecule has 0 bridgehead atoms. The first-order valence-corrected chi connectivity index (χ1v) is 8.84. The number of hydrogen-bond acceptors (Lipinski definition) is 6. The van der Waals surface area contributed by atoms with E-state index in [1.165, 1.54) is 4.90 Å². The molecule has 0 radical (unpaired) electrons. The maximum absolute atomic E-state index is 14.7. The van der Waals surface area contributed by atoms with Gasteiger partial charge in [0.25, 0.3) is 0 Å². The van der Waals surface area contributed by atoms with E-state index in [0.717, 1.165) is 22.9 Å². The number of nitrogens with two attached hydrogens (primary N) is 1. The first-order chi connectivity index (χ1) is 14.2. The monoisotopic (exact) mass is 420 g/mol. The van der Waals surface area contributed by atoms with Gasteiger partial charge in [0.05, 0.1) is 22.9 Å². The van der Waals surface area contributed by atoms with E-state index in [1.807, 2.05) is 0 Å². The maximum atomic E-state index is 14.7. The van der Waals surface area contributed by atoms with Crippen LogP contribution in [0.2, 0.25) is 0 Å². The van der Waals surface area contributed by atoms with Crippen LogP contribution in [0.5, 0.6) is 0 Å². The van der Waals surface area contributed by atoms with Gasteiger partial charge in [-0.05, 0) is 18.6 Å². The Morgan fingerprint density at radius 3 is 2.53 bits per heavy atom. The quantitative estimate of drug-likeness (QED) is 0.551. The summed E-state index contributed by atoms with van der Waals surface area (Å²) in [6, 6.07) is 2.25. The number of pyridine rings is 2. The largest absolute Gasteiger partial charge is 0.477 e. The zero-order chi connectivity index (χ0) is 21.7. The lowest BCUT2D eigenvalue weighted by Gasteiger charge is -2.19. The SMILES string of the molecule is Nc1cc(-n2cc(C(=O)O)c(=O)c3cc(F)c(N4CCC(O)C4)nc32)c(F)cc1F. The Hall–Kier alpha value is -3.60. The molecule has 8 nitrogen and oxygen atoms in total. The number of hydrogen-bond donors (Lipinski definition) is 3. The average Bonchev–Trinajstić information content (AvgIpc) is 3.11. The lowest BCUT2D eigenvalue weighted by molar-refractivity contribution is 0.0695. The summed E-state index contributed by atoms with van der Waals surface area (Å²) in [6.07, 6.45) is 0.524. The summed E-state index contributed by atoms with van der Waals surface area (Å²) >= 11 is 0. The van der Waals surface area contributed by atoms with Crippen LogP contribution in [0.15, 0.2) is 29.2 Å². The van der Waals surface area contributed by atoms with Gasteiger partial charge in [-0.1, -0.05) is 0 Å². The number of β-amino-alcohol motifs (C(OH)–C–C–N with tert-alkyl or cyclic N) is 1. The molecular weight excluding hydrogens is 405 g/mol. The highest BCUT2D eigenvalue weighted by molar-refractivity contribution is 5.92. The summed E-state index contributed by atoms with van der Waals surface area (Å²) in [6.45, 7) is 0.399. The summed E-state index contributed by atoms with van der Waals surface area (Å²) in [4.78, 5) is 29.7. The number of carboxylic acids is 1. The standard InChI is InChI=1S/C19H15F3N4O4/c20-11-4-12(21)15(5-14(11)23)26-7-10(19(29)30)16(28)9-3-13(22)18(24-17(9)26)25-2-1-8(27)6-25/h3-5,7-8,27H,1-2,6,23H2,(H,29,30). The molecule has 0 aliphatic carbocycles. The number of benzene rings is 1. The van der Waals surface area contributed by atoms with Gasteiger partial charge in [0.15, 0.2) is 17.3 Å². The minimum absolute atomic E-state index is 0.102. The van der Waals surface area contributed by atoms with Crippen molar-refractivity contribution in [3.63, 3.8) is 0 Å². The molecule has 4 N–H and O–H groups in total. The van der Waals surface area contributed by atoms with E-state index in [-0.39, 0.29) is 23.7 Å². The van der Waals surface area contributed by atoms with Crippen molar-refractivity contribution in [3.05, 3.63) is 57.6 Å². The molecule has 1 aliphatic rings. The highest BCUT2D eigenvalue weighted by Crippen LogP contribution is 2.28. The van der Waals surface area contributed by atoms with Crippen molar-refractivity contribution < 1.29 is 28.2 Å². The number of nitrogen functional groups attached to an aromatic ring is 1. The van der Waals surface area contributed by atoms with Crippen LogP contribution in [-0.4, -0.2) is 44.9 Å². The summed E-state index contributed by atoms with van der Waals surface area (Å²) < 4.78 is 43.8. The lowest BCUT2D eigenvalue weighted by atomic mass is 10.1. The molecule has 1 fully saturated rings. The molecule has 0 spiro atoms. The van der Waals surface area contributed by atoms with Crippen LogP contribution in [0, 0.1) is 17.5 Å². The van der Waals surface area contributed by atoms with Gasteiger partial charge >= 0.3 is 5.97 Å². The predicted molar refractivity (Wildman–Crippen MR) is 101 cm³/mol. The molecule has 1 saturated heterocycles. The van der Waals surface area contributed by atoms with Gasteiger partial charge in [0, 0.05) is 25.4 Å². The molecule has 30 heavy (non-hydrogen) atoms. The number of aliphatic hydroxyl groups is 1. The van der Waals surface area contributed by atoms with Crippen molar-refractivity contribution in [3.8, 4) is 5.69 Å². The Kier molecular flexibility index (Phi) is 4.61. The molecule has 1 aromatic carbocycles. The van der Waals surface area contributed by atoms with Crippen LogP contribution in [0.1, 0.15) is 16.8 Å². The highest BCUT2D eigenvalue weighted by Gasteiger charge is 2.26. The summed E-state index contributed by atoms with van der Waals surface area (Å²) in [5.41, 5.74) is 2.73. The van der Waals surface area contributed by atoms with E-state index >= 15 is 0 Å². The smallest absolute Gasteiger partial charge is 0.341 e. The first kappa shape index (κ1) is 19.7. The van der Waals surface area contributed by atoms with Crippen LogP contribution in [0.25, 0.3) is 16.7 Å². The van der Waals surface area contributed by atoms with Gasteiger partial charge in [-0.15, -0.1) is 0 Å². The maximum Gasteiger partial charge on any atom is 0.341 e. The number of nitrogens with zero attached hydrogens (tertiary/aromatic N) is 3. The Balaban J connectivity index is 2.07. The molecule has 11 heteroatoms. The van der Waals surface area contributed by atoms with Crippen molar-refractivity contribution in [1.82, 2.24) is 9.55 Å². The second-order valence-electron chi connectivity index (χ2n) is 6.93. The third-order valence-corrected chi connectivity index (χ3v) is 4.93. The molecule has 2 aromatic heterocycles. The fraction of sp³-hybridized carbons (Fsp3) is 0.211. The van der Waals surface area contributed by atoms with E-state index in [0.29, 0.717) is 19.0 Å². The zero-order valence-corrected chi connectivity index (χ0v) is 15.3. The molecule has 0 amide bonds. The molecule has 1 unspecified atom stereocenters. The highest BCUT2D eigenvalue weighted by atomic mass is 19.1. The molecule has 3 aromatic rings. The van der Waals surface area contributed by atoms with E-state index in [2.05, 4.69) is 4.98 Å². The molecule has 3 heterocycles. The fourth-order valence-corrected chi connectivity index (χ4v) is 3.44. The first-order valence-electron chi connectivity index (χ1n) is 8.84. The molecule has 4 rings (SSSR count). The van der Waals surface area contributed by atoms with E-state index in [1.54, 1.807) is 0 Å². The van der Waals surface area contributed by atoms with E-state index < -0.39 is 51.6 Å². The minimum atomic E-state index is -1.61. The van der Waals surface area contributed by atoms with Crippen LogP contribution in [-0.2, 0) is 0 Å². The lowest BCUT2D eigenvalue weighted by Crippen LogP contribution is -2.25. The Morgan fingerprint density at radius 1 is 1.17 bits per heavy atom. The number of anilines is 2. The second-order valence-corrected chi connectivity index (χ2v) is 6.93. The molecular formula is C19H15F3N4O4. The third kappa shape index (κ3) is 3.12. The fourth-order valence-electron chi connectivity index (χ4n) is 3.44. The van der Waals surface area contributed by atoms with Gasteiger partial charge < -0.3 is 20.8 Å². The Bertz CT molecular complexity index is 1260. The van der Waals surface area contributed by atoms with Crippen molar-refractivity contribution >= 4 is 28.5 Å². The predicted octanol–water partition coefficient (Wildman–Crippen LogP) is 1.65. The second kappa shape index (κ2) is 7.02. The number of aliphatic hydroxyl groups excluding tert-OH is 1. The molecule has 1 aliphatic heterocycles. The third-order valence-electron chi connectivity index (χ3n) is 4.93. The van der Waals surface area contributed by atoms with Crippen molar-refractivity contribution in [2.24, 2.45) is 0 Å². The van der Waals surface area contributed by atoms with Crippen molar-refractivity contribution in [2.45, 2.75) is 12.5 Å². The van der Waals surface area contributed by atoms with Gasteiger partial charge in [-0.25, -0.2) is 22.9 Å². The minimum Gasteiger partial charge on any atom is -0.477 e. The van der Waals surface area contributed by atoms with Gasteiger partial charge in [-0.2, -0.15) is 0 Å². The van der Waals surface area contributed by atoms with Gasteiger partial charge in [0.1, 0.15) is 17.2 Å². The van der Waals surface area contributed by atoms with Gasteiger partial charge in [0.2, 0.25) is 5.43 Å². The average molecular weight is 420 g/mol. The van der Waals surface area contributed by atoms with Gasteiger partial charge in [-0.3, -0.25) is 9.36 Å². The number of halogens is 3. The van der Waals surface area contributed by atoms with Crippen LogP contribution < -0.4 is 16.1 Å². The van der Waals surface area contributed by atoms with Crippen LogP contribution >= 0.6 is 0 Å². The number of rotatable bonds is 3. The normalized spacial score (nSPS) is 16.4. The summed E-state index contributed by atoms with van der Waals surface area (Å²) in [5.74, 6) is -4.82. The molecule has 156 valence electrons. The summed E-state index contributed by atoms with van der Waals surface area (Å²) in [7, 11) is 0. The Labute approximate surface area is 166 Å². The number of carboxylic acid groups (broad SMARTS) is 1. The van der Waals surface area contributed by atoms with Crippen molar-refractivity contribution in [2.75, 3.05) is 23.7 Å². The number of aromatic carboxylic acids is 1. The molecule has 0 saturated carbocycles.